The minimum absolute atomic E-state index is 0.0794. The number of amides is 1. The Balaban J connectivity index is 1.67. The quantitative estimate of drug-likeness (QED) is 0.864. The first-order valence-corrected chi connectivity index (χ1v) is 7.19. The van der Waals surface area contributed by atoms with E-state index in [1.807, 2.05) is 53.0 Å². The normalized spacial score (nSPS) is 18.7. The lowest BCUT2D eigenvalue weighted by atomic mass is 10.1. The van der Waals surface area contributed by atoms with E-state index < -0.39 is 0 Å². The van der Waals surface area contributed by atoms with Crippen LogP contribution in [0.2, 0.25) is 0 Å². The predicted octanol–water partition coefficient (Wildman–Crippen LogP) is 1.79. The molecule has 0 saturated carbocycles. The van der Waals surface area contributed by atoms with Gasteiger partial charge in [-0.05, 0) is 30.7 Å². The number of carbonyl (C=O) groups excluding carboxylic acids is 1. The molecule has 5 heteroatoms. The zero-order chi connectivity index (χ0) is 14.7. The number of morpholine rings is 1. The van der Waals surface area contributed by atoms with Crippen molar-refractivity contribution < 1.29 is 9.53 Å². The van der Waals surface area contributed by atoms with E-state index in [-0.39, 0.29) is 12.0 Å². The van der Waals surface area contributed by atoms with E-state index in [1.165, 1.54) is 0 Å². The summed E-state index contributed by atoms with van der Waals surface area (Å²) in [4.78, 5) is 14.3. The Bertz CT molecular complexity index is 592. The molecule has 2 aromatic rings. The van der Waals surface area contributed by atoms with Gasteiger partial charge in [0, 0.05) is 31.0 Å². The molecule has 1 unspecified atom stereocenters. The van der Waals surface area contributed by atoms with Crippen molar-refractivity contribution in [1.82, 2.24) is 14.7 Å². The highest BCUT2D eigenvalue weighted by molar-refractivity contribution is 5.94. The van der Waals surface area contributed by atoms with Gasteiger partial charge in [0.05, 0.1) is 19.3 Å². The summed E-state index contributed by atoms with van der Waals surface area (Å²) in [5.41, 5.74) is 1.86. The Morgan fingerprint density at radius 2 is 2.19 bits per heavy atom. The van der Waals surface area contributed by atoms with Crippen molar-refractivity contribution >= 4 is 5.91 Å². The van der Waals surface area contributed by atoms with Crippen molar-refractivity contribution in [3.63, 3.8) is 0 Å². The van der Waals surface area contributed by atoms with Crippen LogP contribution in [0.4, 0.5) is 0 Å². The average molecular weight is 285 g/mol. The van der Waals surface area contributed by atoms with Crippen molar-refractivity contribution in [3.05, 3.63) is 53.9 Å². The number of rotatable bonds is 3. The fraction of sp³-hybridized carbons (Fsp3) is 0.375. The number of hydrogen-bond acceptors (Lipinski definition) is 3. The SMILES string of the molecule is CC1CN(C(=O)c2ccc(Cn3cccn3)cc2)CCO1. The van der Waals surface area contributed by atoms with Gasteiger partial charge in [0.1, 0.15) is 0 Å². The van der Waals surface area contributed by atoms with Gasteiger partial charge in [-0.1, -0.05) is 12.1 Å². The Morgan fingerprint density at radius 1 is 1.38 bits per heavy atom. The van der Waals surface area contributed by atoms with E-state index in [0.29, 0.717) is 19.7 Å². The molecule has 1 atom stereocenters. The second-order valence-electron chi connectivity index (χ2n) is 5.33. The average Bonchev–Trinajstić information content (AvgIpc) is 3.00. The molecule has 1 aliphatic rings. The van der Waals surface area contributed by atoms with Gasteiger partial charge in [0.25, 0.3) is 5.91 Å². The van der Waals surface area contributed by atoms with Gasteiger partial charge < -0.3 is 9.64 Å². The molecule has 0 bridgehead atoms. The summed E-state index contributed by atoms with van der Waals surface area (Å²) in [5, 5.41) is 4.18. The molecule has 1 saturated heterocycles. The van der Waals surface area contributed by atoms with E-state index in [2.05, 4.69) is 5.10 Å². The van der Waals surface area contributed by atoms with Crippen LogP contribution < -0.4 is 0 Å². The van der Waals surface area contributed by atoms with E-state index in [9.17, 15) is 4.79 Å². The minimum Gasteiger partial charge on any atom is -0.375 e. The molecule has 1 aromatic carbocycles. The molecule has 0 spiro atoms. The first-order chi connectivity index (χ1) is 10.2. The smallest absolute Gasteiger partial charge is 0.254 e. The highest BCUT2D eigenvalue weighted by Crippen LogP contribution is 2.12. The number of carbonyl (C=O) groups is 1. The molecule has 110 valence electrons. The number of ether oxygens (including phenoxy) is 1. The Morgan fingerprint density at radius 3 is 2.86 bits per heavy atom. The van der Waals surface area contributed by atoms with Crippen LogP contribution in [0, 0.1) is 0 Å². The molecule has 5 nitrogen and oxygen atoms in total. The summed E-state index contributed by atoms with van der Waals surface area (Å²) in [6.07, 6.45) is 3.80. The number of aromatic nitrogens is 2. The third kappa shape index (κ3) is 3.31. The first kappa shape index (κ1) is 13.8. The lowest BCUT2D eigenvalue weighted by Crippen LogP contribution is -2.44. The molecular formula is C16H19N3O2. The van der Waals surface area contributed by atoms with Gasteiger partial charge in [0.2, 0.25) is 0 Å². The zero-order valence-electron chi connectivity index (χ0n) is 12.1. The van der Waals surface area contributed by atoms with Crippen molar-refractivity contribution in [1.29, 1.82) is 0 Å². The highest BCUT2D eigenvalue weighted by atomic mass is 16.5. The highest BCUT2D eigenvalue weighted by Gasteiger charge is 2.22. The zero-order valence-corrected chi connectivity index (χ0v) is 12.1. The molecule has 21 heavy (non-hydrogen) atoms. The second-order valence-corrected chi connectivity index (χ2v) is 5.33. The maximum Gasteiger partial charge on any atom is 0.254 e. The topological polar surface area (TPSA) is 47.4 Å². The molecule has 2 heterocycles. The predicted molar refractivity (Wildman–Crippen MR) is 79.1 cm³/mol. The van der Waals surface area contributed by atoms with Crippen LogP contribution in [0.3, 0.4) is 0 Å². The minimum atomic E-state index is 0.0794. The maximum absolute atomic E-state index is 12.4. The van der Waals surface area contributed by atoms with Crippen LogP contribution in [0.5, 0.6) is 0 Å². The summed E-state index contributed by atoms with van der Waals surface area (Å²) < 4.78 is 7.33. The molecular weight excluding hydrogens is 266 g/mol. The standard InChI is InChI=1S/C16H19N3O2/c1-13-11-18(9-10-21-13)16(20)15-5-3-14(4-6-15)12-19-8-2-7-17-19/h2-8,13H,9-12H2,1H3. The van der Waals surface area contributed by atoms with Crippen molar-refractivity contribution in [2.75, 3.05) is 19.7 Å². The Kier molecular flexibility index (Phi) is 4.01. The van der Waals surface area contributed by atoms with Gasteiger partial charge in [0.15, 0.2) is 0 Å². The van der Waals surface area contributed by atoms with E-state index in [1.54, 1.807) is 6.20 Å². The molecule has 3 rings (SSSR count). The number of nitrogens with zero attached hydrogens (tertiary/aromatic N) is 3. The number of benzene rings is 1. The van der Waals surface area contributed by atoms with Crippen LogP contribution in [0.25, 0.3) is 0 Å². The molecule has 1 amide bonds. The lowest BCUT2D eigenvalue weighted by molar-refractivity contribution is -0.0124. The summed E-state index contributed by atoms with van der Waals surface area (Å²) in [5.74, 6) is 0.0794. The monoisotopic (exact) mass is 285 g/mol. The molecule has 0 radical (unpaired) electrons. The molecule has 1 fully saturated rings. The van der Waals surface area contributed by atoms with Crippen LogP contribution >= 0.6 is 0 Å². The van der Waals surface area contributed by atoms with Crippen LogP contribution in [-0.4, -0.2) is 46.4 Å². The molecule has 1 aliphatic heterocycles. The van der Waals surface area contributed by atoms with Crippen LogP contribution in [-0.2, 0) is 11.3 Å². The lowest BCUT2D eigenvalue weighted by Gasteiger charge is -2.31. The fourth-order valence-electron chi connectivity index (χ4n) is 2.52. The molecule has 0 aliphatic carbocycles. The van der Waals surface area contributed by atoms with E-state index in [0.717, 1.165) is 17.7 Å². The van der Waals surface area contributed by atoms with Crippen molar-refractivity contribution in [2.24, 2.45) is 0 Å². The van der Waals surface area contributed by atoms with Crippen molar-refractivity contribution in [3.8, 4) is 0 Å². The summed E-state index contributed by atoms with van der Waals surface area (Å²) in [6.45, 7) is 4.65. The van der Waals surface area contributed by atoms with Crippen LogP contribution in [0.1, 0.15) is 22.8 Å². The Hall–Kier alpha value is -2.14. The van der Waals surface area contributed by atoms with Gasteiger partial charge in [-0.15, -0.1) is 0 Å². The molecule has 0 N–H and O–H groups in total. The van der Waals surface area contributed by atoms with Gasteiger partial charge in [-0.2, -0.15) is 5.10 Å². The van der Waals surface area contributed by atoms with E-state index >= 15 is 0 Å². The fourth-order valence-corrected chi connectivity index (χ4v) is 2.52. The van der Waals surface area contributed by atoms with Gasteiger partial charge >= 0.3 is 0 Å². The van der Waals surface area contributed by atoms with Crippen LogP contribution in [0.15, 0.2) is 42.7 Å². The Labute approximate surface area is 124 Å². The third-order valence-corrected chi connectivity index (χ3v) is 3.63. The largest absolute Gasteiger partial charge is 0.375 e. The first-order valence-electron chi connectivity index (χ1n) is 7.19. The second kappa shape index (κ2) is 6.10. The maximum atomic E-state index is 12.4. The summed E-state index contributed by atoms with van der Waals surface area (Å²) in [6, 6.07) is 9.65. The van der Waals surface area contributed by atoms with Gasteiger partial charge in [-0.3, -0.25) is 9.48 Å². The van der Waals surface area contributed by atoms with Gasteiger partial charge in [-0.25, -0.2) is 0 Å². The van der Waals surface area contributed by atoms with Crippen molar-refractivity contribution in [2.45, 2.75) is 19.6 Å². The third-order valence-electron chi connectivity index (χ3n) is 3.63. The summed E-state index contributed by atoms with van der Waals surface area (Å²) >= 11 is 0. The summed E-state index contributed by atoms with van der Waals surface area (Å²) in [7, 11) is 0. The van der Waals surface area contributed by atoms with E-state index in [4.69, 9.17) is 4.74 Å². The number of hydrogen-bond donors (Lipinski definition) is 0. The molecule has 1 aromatic heterocycles.